The molecule has 2 rings (SSSR count). The second-order valence-corrected chi connectivity index (χ2v) is 7.55. The first-order chi connectivity index (χ1) is 7.77. The maximum atomic E-state index is 12.0. The summed E-state index contributed by atoms with van der Waals surface area (Å²) in [4.78, 5) is 11.4. The fourth-order valence-electron chi connectivity index (χ4n) is 3.11. The number of sulfonamides is 1. The maximum absolute atomic E-state index is 12.0. The predicted octanol–water partition coefficient (Wildman–Crippen LogP) is 0.911. The Hall–Kier alpha value is -0.620. The minimum absolute atomic E-state index is 0.0960. The van der Waals surface area contributed by atoms with E-state index >= 15 is 0 Å². The molecule has 1 saturated carbocycles. The van der Waals surface area contributed by atoms with Crippen LogP contribution < -0.4 is 0 Å². The van der Waals surface area contributed by atoms with Gasteiger partial charge in [-0.05, 0) is 25.7 Å². The van der Waals surface area contributed by atoms with Crippen LogP contribution in [0.1, 0.15) is 33.1 Å². The molecule has 0 aromatic rings. The predicted molar refractivity (Wildman–Crippen MR) is 63.0 cm³/mol. The zero-order chi connectivity index (χ0) is 12.8. The number of carboxylic acids is 1. The number of aliphatic carboxylic acids is 1. The Bertz CT molecular complexity index is 433. The molecular formula is C11H19NO4S. The summed E-state index contributed by atoms with van der Waals surface area (Å²) in [6, 6.07) is -0.366. The molecule has 1 aliphatic heterocycles. The van der Waals surface area contributed by atoms with Crippen LogP contribution in [-0.4, -0.2) is 42.1 Å². The van der Waals surface area contributed by atoms with Crippen molar-refractivity contribution in [2.75, 3.05) is 12.3 Å². The third-order valence-corrected chi connectivity index (χ3v) is 6.20. The van der Waals surface area contributed by atoms with Gasteiger partial charge >= 0.3 is 5.97 Å². The summed E-state index contributed by atoms with van der Waals surface area (Å²) < 4.78 is 25.4. The molecule has 1 saturated heterocycles. The summed E-state index contributed by atoms with van der Waals surface area (Å²) in [5, 5.41) is 9.32. The molecule has 17 heavy (non-hydrogen) atoms. The van der Waals surface area contributed by atoms with Crippen molar-refractivity contribution < 1.29 is 18.3 Å². The molecule has 2 aliphatic rings. The van der Waals surface area contributed by atoms with Gasteiger partial charge < -0.3 is 5.11 Å². The topological polar surface area (TPSA) is 74.7 Å². The van der Waals surface area contributed by atoms with Crippen molar-refractivity contribution in [3.63, 3.8) is 0 Å². The smallest absolute Gasteiger partial charge is 0.310 e. The monoisotopic (exact) mass is 261 g/mol. The molecule has 3 atom stereocenters. The lowest BCUT2D eigenvalue weighted by Gasteiger charge is -2.33. The number of hydrogen-bond acceptors (Lipinski definition) is 3. The number of carboxylic acid groups (broad SMARTS) is 1. The molecule has 3 unspecified atom stereocenters. The van der Waals surface area contributed by atoms with Crippen molar-refractivity contribution in [2.45, 2.75) is 39.2 Å². The van der Waals surface area contributed by atoms with E-state index in [1.54, 1.807) is 6.92 Å². The maximum Gasteiger partial charge on any atom is 0.310 e. The molecule has 0 aromatic heterocycles. The van der Waals surface area contributed by atoms with Gasteiger partial charge in [-0.15, -0.1) is 0 Å². The van der Waals surface area contributed by atoms with Crippen LogP contribution >= 0.6 is 0 Å². The summed E-state index contributed by atoms with van der Waals surface area (Å²) in [6.07, 6.45) is 2.01. The number of rotatable bonds is 2. The van der Waals surface area contributed by atoms with Gasteiger partial charge in [0.2, 0.25) is 10.0 Å². The fourth-order valence-corrected chi connectivity index (χ4v) is 5.33. The van der Waals surface area contributed by atoms with Gasteiger partial charge in [0, 0.05) is 12.6 Å². The van der Waals surface area contributed by atoms with Crippen LogP contribution in [0.2, 0.25) is 0 Å². The zero-order valence-corrected chi connectivity index (χ0v) is 11.0. The lowest BCUT2D eigenvalue weighted by atomic mass is 9.85. The first-order valence-electron chi connectivity index (χ1n) is 6.00. The van der Waals surface area contributed by atoms with E-state index in [4.69, 9.17) is 0 Å². The molecule has 0 aromatic carbocycles. The van der Waals surface area contributed by atoms with Gasteiger partial charge in [-0.2, -0.15) is 4.31 Å². The molecule has 98 valence electrons. The molecule has 0 spiro atoms. The Labute approximate surface area is 102 Å². The van der Waals surface area contributed by atoms with Crippen molar-refractivity contribution in [1.29, 1.82) is 0 Å². The van der Waals surface area contributed by atoms with E-state index in [-0.39, 0.29) is 17.7 Å². The van der Waals surface area contributed by atoms with Crippen LogP contribution in [0.4, 0.5) is 0 Å². The Morgan fingerprint density at radius 3 is 2.59 bits per heavy atom. The van der Waals surface area contributed by atoms with Crippen molar-refractivity contribution >= 4 is 16.0 Å². The van der Waals surface area contributed by atoms with Gasteiger partial charge in [-0.3, -0.25) is 4.79 Å². The summed E-state index contributed by atoms with van der Waals surface area (Å²) in [7, 11) is -3.25. The first kappa shape index (κ1) is 12.8. The number of nitrogens with zero attached hydrogens (tertiary/aromatic N) is 1. The third-order valence-electron chi connectivity index (χ3n) is 4.09. The highest BCUT2D eigenvalue weighted by Gasteiger charge is 2.52. The van der Waals surface area contributed by atoms with Gasteiger partial charge in [-0.1, -0.05) is 13.3 Å². The van der Waals surface area contributed by atoms with E-state index in [1.165, 1.54) is 4.31 Å². The lowest BCUT2D eigenvalue weighted by molar-refractivity contribution is -0.149. The SMILES string of the molecule is CC1CN(C2CCCC2(C)C(=O)O)S(=O)(=O)C1. The Morgan fingerprint density at radius 1 is 1.47 bits per heavy atom. The van der Waals surface area contributed by atoms with E-state index in [0.717, 1.165) is 6.42 Å². The summed E-state index contributed by atoms with van der Waals surface area (Å²) >= 11 is 0. The van der Waals surface area contributed by atoms with Gasteiger partial charge in [0.25, 0.3) is 0 Å². The summed E-state index contributed by atoms with van der Waals surface area (Å²) in [6.45, 7) is 4.03. The Morgan fingerprint density at radius 2 is 2.12 bits per heavy atom. The van der Waals surface area contributed by atoms with E-state index in [0.29, 0.717) is 19.4 Å². The molecule has 2 fully saturated rings. The van der Waals surface area contributed by atoms with E-state index in [1.807, 2.05) is 6.92 Å². The molecule has 1 heterocycles. The molecule has 6 heteroatoms. The van der Waals surface area contributed by atoms with Crippen molar-refractivity contribution in [3.8, 4) is 0 Å². The number of carbonyl (C=O) groups is 1. The average molecular weight is 261 g/mol. The van der Waals surface area contributed by atoms with Gasteiger partial charge in [0.15, 0.2) is 0 Å². The third kappa shape index (κ3) is 1.97. The largest absolute Gasteiger partial charge is 0.481 e. The van der Waals surface area contributed by atoms with Crippen LogP contribution in [0.15, 0.2) is 0 Å². The molecule has 1 N–H and O–H groups in total. The molecule has 0 radical (unpaired) electrons. The van der Waals surface area contributed by atoms with E-state index in [2.05, 4.69) is 0 Å². The Balaban J connectivity index is 2.32. The zero-order valence-electron chi connectivity index (χ0n) is 10.2. The summed E-state index contributed by atoms with van der Waals surface area (Å²) in [5.74, 6) is -0.632. The highest BCUT2D eigenvalue weighted by Crippen LogP contribution is 2.43. The number of hydrogen-bond donors (Lipinski definition) is 1. The molecule has 0 bridgehead atoms. The van der Waals surface area contributed by atoms with Crippen LogP contribution in [0.5, 0.6) is 0 Å². The summed E-state index contributed by atoms with van der Waals surface area (Å²) in [5.41, 5.74) is -0.920. The van der Waals surface area contributed by atoms with Gasteiger partial charge in [-0.25, -0.2) is 8.42 Å². The normalized spacial score (nSPS) is 41.8. The second-order valence-electron chi connectivity index (χ2n) is 5.58. The van der Waals surface area contributed by atoms with Crippen molar-refractivity contribution in [2.24, 2.45) is 11.3 Å². The molecular weight excluding hydrogens is 242 g/mol. The van der Waals surface area contributed by atoms with Crippen LogP contribution in [-0.2, 0) is 14.8 Å². The molecule has 0 amide bonds. The van der Waals surface area contributed by atoms with Crippen LogP contribution in [0.3, 0.4) is 0 Å². The van der Waals surface area contributed by atoms with Crippen LogP contribution in [0.25, 0.3) is 0 Å². The van der Waals surface area contributed by atoms with Crippen molar-refractivity contribution in [1.82, 2.24) is 4.31 Å². The van der Waals surface area contributed by atoms with Crippen LogP contribution in [0, 0.1) is 11.3 Å². The van der Waals surface area contributed by atoms with E-state index < -0.39 is 21.4 Å². The van der Waals surface area contributed by atoms with Gasteiger partial charge in [0.1, 0.15) is 0 Å². The average Bonchev–Trinajstić information content (AvgIpc) is 2.67. The first-order valence-corrected chi connectivity index (χ1v) is 7.61. The van der Waals surface area contributed by atoms with Gasteiger partial charge in [0.05, 0.1) is 11.2 Å². The quantitative estimate of drug-likeness (QED) is 0.801. The molecule has 5 nitrogen and oxygen atoms in total. The Kier molecular flexibility index (Phi) is 2.98. The highest BCUT2D eigenvalue weighted by molar-refractivity contribution is 7.89. The van der Waals surface area contributed by atoms with Crippen molar-refractivity contribution in [3.05, 3.63) is 0 Å². The fraction of sp³-hybridized carbons (Fsp3) is 0.909. The lowest BCUT2D eigenvalue weighted by Crippen LogP contribution is -2.48. The van der Waals surface area contributed by atoms with E-state index in [9.17, 15) is 18.3 Å². The minimum Gasteiger partial charge on any atom is -0.481 e. The highest BCUT2D eigenvalue weighted by atomic mass is 32.2. The molecule has 1 aliphatic carbocycles. The minimum atomic E-state index is -3.25. The standard InChI is InChI=1S/C11H19NO4S/c1-8-6-12(17(15,16)7-8)9-4-3-5-11(9,2)10(13)14/h8-9H,3-7H2,1-2H3,(H,13,14). The second kappa shape index (κ2) is 3.95.